The Bertz CT molecular complexity index is 121. The number of likely N-dealkylation sites (N-methyl/N-ethyl adjacent to an activating group) is 1. The Balaban J connectivity index is -0.000000167. The average molecular weight is 271 g/mol. The van der Waals surface area contributed by atoms with Crippen LogP contribution in [0, 0.1) is 0 Å². The largest absolute Gasteiger partial charge is 1.00 e. The van der Waals surface area contributed by atoms with E-state index in [1.54, 1.807) is 6.92 Å². The molecular weight excluding hydrogens is 244 g/mol. The molecule has 0 saturated carbocycles. The van der Waals surface area contributed by atoms with Gasteiger partial charge < -0.3 is 28.0 Å². The summed E-state index contributed by atoms with van der Waals surface area (Å²) in [4.78, 5) is 10.9. The van der Waals surface area contributed by atoms with Gasteiger partial charge in [-0.1, -0.05) is 14.9 Å². The highest BCUT2D eigenvalue weighted by molar-refractivity contribution is 5.81. The fourth-order valence-electron chi connectivity index (χ4n) is 1.08. The standard InChI is InChI=1S/C8H18N2O.2CH4.BrH/c1-7(11)8(10-2)5-3-4-6-9;;;/h8,10H,3-6,9H2,1-2H3;2*1H4;1H/t8-;;;/m0.../s1. The van der Waals surface area contributed by atoms with E-state index >= 15 is 0 Å². The Hall–Kier alpha value is 0.0700. The predicted molar refractivity (Wildman–Crippen MR) is 58.6 cm³/mol. The third-order valence-corrected chi connectivity index (χ3v) is 1.83. The molecule has 0 aliphatic carbocycles. The van der Waals surface area contributed by atoms with E-state index in [9.17, 15) is 4.79 Å². The van der Waals surface area contributed by atoms with E-state index in [4.69, 9.17) is 0 Å². The van der Waals surface area contributed by atoms with Gasteiger partial charge in [-0.25, -0.2) is 0 Å². The van der Waals surface area contributed by atoms with Crippen LogP contribution in [-0.4, -0.2) is 25.4 Å². The summed E-state index contributed by atoms with van der Waals surface area (Å²) in [6.07, 6.45) is 3.15. The number of hydrogen-bond acceptors (Lipinski definition) is 2. The molecule has 0 aromatic heterocycles. The fourth-order valence-corrected chi connectivity index (χ4v) is 1.08. The Kier molecular flexibility index (Phi) is 26.3. The Morgan fingerprint density at radius 1 is 1.36 bits per heavy atom. The van der Waals surface area contributed by atoms with Crippen LogP contribution in [0.5, 0.6) is 0 Å². The average Bonchev–Trinajstić information content (AvgIpc) is 1.97. The lowest BCUT2D eigenvalue weighted by atomic mass is 10.1. The molecule has 0 radical (unpaired) electrons. The van der Waals surface area contributed by atoms with Gasteiger partial charge in [-0.2, -0.15) is 0 Å². The van der Waals surface area contributed by atoms with Crippen LogP contribution in [0.3, 0.4) is 0 Å². The maximum Gasteiger partial charge on any atom is 0.146 e. The van der Waals surface area contributed by atoms with Crippen molar-refractivity contribution in [2.24, 2.45) is 0 Å². The first-order valence-electron chi connectivity index (χ1n) is 4.19. The van der Waals surface area contributed by atoms with E-state index in [-0.39, 0.29) is 43.7 Å². The van der Waals surface area contributed by atoms with Crippen molar-refractivity contribution in [2.75, 3.05) is 13.6 Å². The molecule has 4 N–H and O–H groups in total. The van der Waals surface area contributed by atoms with Crippen molar-refractivity contribution in [3.8, 4) is 0 Å². The summed E-state index contributed by atoms with van der Waals surface area (Å²) >= 11 is 0. The fraction of sp³-hybridized carbons (Fsp3) is 0.900. The topological polar surface area (TPSA) is 56.7 Å². The molecule has 0 aromatic carbocycles. The summed E-state index contributed by atoms with van der Waals surface area (Å²) in [7, 11) is 1.83. The van der Waals surface area contributed by atoms with Gasteiger partial charge in [0.1, 0.15) is 5.78 Å². The number of Topliss-reactive ketones (excluding diaryl/α,β-unsaturated/α-hetero) is 1. The number of rotatable bonds is 6. The quantitative estimate of drug-likeness (QED) is 0.541. The number of ketones is 1. The minimum atomic E-state index is 0. The second-order valence-electron chi connectivity index (χ2n) is 2.80. The van der Waals surface area contributed by atoms with Crippen molar-refractivity contribution in [3.63, 3.8) is 0 Å². The maximum absolute atomic E-state index is 10.9. The Labute approximate surface area is 99.6 Å². The highest BCUT2D eigenvalue weighted by Crippen LogP contribution is 1.99. The number of carbonyl (C=O) groups is 1. The van der Waals surface area contributed by atoms with Crippen molar-refractivity contribution in [1.29, 1.82) is 0 Å². The lowest BCUT2D eigenvalue weighted by Gasteiger charge is -2.10. The second-order valence-corrected chi connectivity index (χ2v) is 2.80. The van der Waals surface area contributed by atoms with E-state index in [0.717, 1.165) is 25.8 Å². The second kappa shape index (κ2) is 15.5. The van der Waals surface area contributed by atoms with E-state index in [2.05, 4.69) is 11.1 Å². The summed E-state index contributed by atoms with van der Waals surface area (Å²) in [5, 5.41) is 2.99. The minimum Gasteiger partial charge on any atom is -1.00 e. The van der Waals surface area contributed by atoms with Gasteiger partial charge in [-0.15, -0.1) is 0 Å². The molecule has 90 valence electrons. The summed E-state index contributed by atoms with van der Waals surface area (Å²) in [5.74, 6) is 0.233. The zero-order chi connectivity index (χ0) is 8.69. The summed E-state index contributed by atoms with van der Waals surface area (Å²) in [6.45, 7) is 2.60. The molecule has 0 bridgehead atoms. The van der Waals surface area contributed by atoms with E-state index in [1.165, 1.54) is 0 Å². The van der Waals surface area contributed by atoms with Crippen LogP contribution < -0.4 is 28.0 Å². The molecule has 0 aliphatic heterocycles. The highest BCUT2D eigenvalue weighted by Gasteiger charge is 2.09. The minimum absolute atomic E-state index is 0. The van der Waals surface area contributed by atoms with E-state index in [0.29, 0.717) is 0 Å². The molecule has 4 heteroatoms. The van der Waals surface area contributed by atoms with Crippen molar-refractivity contribution in [1.82, 2.24) is 5.32 Å². The van der Waals surface area contributed by atoms with Crippen LogP contribution in [0.15, 0.2) is 0 Å². The predicted octanol–water partition coefficient (Wildman–Crippen LogP) is -2.15. The van der Waals surface area contributed by atoms with Crippen LogP contribution in [0.4, 0.5) is 0 Å². The monoisotopic (exact) mass is 270 g/mol. The van der Waals surface area contributed by atoms with Crippen LogP contribution in [-0.2, 0) is 4.79 Å². The summed E-state index contributed by atoms with van der Waals surface area (Å²) < 4.78 is 0. The molecule has 0 amide bonds. The summed E-state index contributed by atoms with van der Waals surface area (Å²) in [5.41, 5.74) is 3.75. The Morgan fingerprint density at radius 3 is 2.14 bits per heavy atom. The molecule has 0 rings (SSSR count). The number of unbranched alkanes of at least 4 members (excludes halogenated alkanes) is 1. The number of quaternary nitrogens is 1. The number of halogens is 1. The van der Waals surface area contributed by atoms with Crippen molar-refractivity contribution >= 4 is 5.78 Å². The van der Waals surface area contributed by atoms with Gasteiger partial charge >= 0.3 is 0 Å². The number of hydrogen-bond donors (Lipinski definition) is 2. The molecule has 0 fully saturated rings. The molecule has 0 aromatic rings. The smallest absolute Gasteiger partial charge is 0.146 e. The first-order chi connectivity index (χ1) is 5.22. The normalized spacial score (nSPS) is 10.2. The van der Waals surface area contributed by atoms with Gasteiger partial charge in [0.05, 0.1) is 12.6 Å². The molecule has 14 heavy (non-hydrogen) atoms. The maximum atomic E-state index is 10.9. The third-order valence-electron chi connectivity index (χ3n) is 1.83. The molecule has 0 unspecified atom stereocenters. The van der Waals surface area contributed by atoms with Gasteiger partial charge in [-0.05, 0) is 33.2 Å². The van der Waals surface area contributed by atoms with Crippen LogP contribution >= 0.6 is 0 Å². The van der Waals surface area contributed by atoms with Crippen molar-refractivity contribution in [3.05, 3.63) is 0 Å². The van der Waals surface area contributed by atoms with Crippen LogP contribution in [0.2, 0.25) is 0 Å². The zero-order valence-corrected chi connectivity index (χ0v) is 9.49. The summed E-state index contributed by atoms with van der Waals surface area (Å²) in [6, 6.07) is 0.0570. The molecular formula is C10H27BrN2O. The van der Waals surface area contributed by atoms with Gasteiger partial charge in [0.15, 0.2) is 0 Å². The van der Waals surface area contributed by atoms with Crippen LogP contribution in [0.1, 0.15) is 41.0 Å². The van der Waals surface area contributed by atoms with Gasteiger partial charge in [0, 0.05) is 0 Å². The molecule has 0 aliphatic rings. The molecule has 1 atom stereocenters. The van der Waals surface area contributed by atoms with Crippen molar-refractivity contribution < 1.29 is 27.5 Å². The van der Waals surface area contributed by atoms with Gasteiger partial charge in [0.2, 0.25) is 0 Å². The molecule has 3 nitrogen and oxygen atoms in total. The van der Waals surface area contributed by atoms with Gasteiger partial charge in [0.25, 0.3) is 0 Å². The lowest BCUT2D eigenvalue weighted by molar-refractivity contribution is -0.368. The first kappa shape index (κ1) is 23.7. The van der Waals surface area contributed by atoms with Crippen molar-refractivity contribution in [2.45, 2.75) is 47.1 Å². The Morgan fingerprint density at radius 2 is 1.86 bits per heavy atom. The first-order valence-corrected chi connectivity index (χ1v) is 4.19. The lowest BCUT2D eigenvalue weighted by Crippen LogP contribution is -3.00. The van der Waals surface area contributed by atoms with E-state index in [1.807, 2.05) is 7.05 Å². The molecule has 0 spiro atoms. The number of nitrogens with one attached hydrogen (secondary N) is 1. The SMILES string of the molecule is C.C.CN[C@@H](CCCC[NH3+])C(C)=O.[Br-]. The number of carbonyl (C=O) groups excluding carboxylic acids is 1. The zero-order valence-electron chi connectivity index (χ0n) is 7.90. The van der Waals surface area contributed by atoms with Crippen LogP contribution in [0.25, 0.3) is 0 Å². The highest BCUT2D eigenvalue weighted by atomic mass is 79.9. The van der Waals surface area contributed by atoms with Gasteiger partial charge in [-0.3, -0.25) is 4.79 Å². The molecule has 0 heterocycles. The third kappa shape index (κ3) is 12.1. The molecule has 0 saturated heterocycles. The van der Waals surface area contributed by atoms with E-state index < -0.39 is 0 Å².